The SMILES string of the molecule is COC(=O)[C@H](CN(C[C@H]1CCCO1)C(=O)OC(C)(C)C)Nc1ccccc1. The van der Waals surface area contributed by atoms with E-state index >= 15 is 0 Å². The van der Waals surface area contributed by atoms with E-state index < -0.39 is 23.7 Å². The van der Waals surface area contributed by atoms with Gasteiger partial charge in [0.05, 0.1) is 26.3 Å². The third kappa shape index (κ3) is 7.09. The molecule has 1 aromatic rings. The highest BCUT2D eigenvalue weighted by Crippen LogP contribution is 2.17. The van der Waals surface area contributed by atoms with Gasteiger partial charge in [-0.1, -0.05) is 18.2 Å². The Morgan fingerprint density at radius 1 is 1.30 bits per heavy atom. The number of benzene rings is 1. The summed E-state index contributed by atoms with van der Waals surface area (Å²) in [6, 6.07) is 8.62. The number of nitrogens with zero attached hydrogens (tertiary/aromatic N) is 1. The summed E-state index contributed by atoms with van der Waals surface area (Å²) in [5, 5.41) is 3.14. The summed E-state index contributed by atoms with van der Waals surface area (Å²) in [5.74, 6) is -0.445. The largest absolute Gasteiger partial charge is 0.467 e. The summed E-state index contributed by atoms with van der Waals surface area (Å²) in [4.78, 5) is 26.5. The van der Waals surface area contributed by atoms with Crippen molar-refractivity contribution in [2.75, 3.05) is 32.1 Å². The molecule has 1 amide bonds. The number of esters is 1. The standard InChI is InChI=1S/C20H30N2O5/c1-20(2,3)27-19(24)22(13-16-11-8-12-26-16)14-17(18(23)25-4)21-15-9-6-5-7-10-15/h5-7,9-10,16-17,21H,8,11-14H2,1-4H3/t16-,17+/m1/s1. The Hall–Kier alpha value is -2.28. The molecule has 0 aromatic heterocycles. The number of amides is 1. The first-order valence-electron chi connectivity index (χ1n) is 9.27. The number of methoxy groups -OCH3 is 1. The molecule has 7 nitrogen and oxygen atoms in total. The molecule has 1 heterocycles. The second-order valence-electron chi connectivity index (χ2n) is 7.61. The molecular weight excluding hydrogens is 348 g/mol. The van der Waals surface area contributed by atoms with E-state index in [0.717, 1.165) is 18.5 Å². The number of anilines is 1. The number of carbonyl (C=O) groups excluding carboxylic acids is 2. The Labute approximate surface area is 161 Å². The lowest BCUT2D eigenvalue weighted by Crippen LogP contribution is -2.48. The van der Waals surface area contributed by atoms with E-state index in [1.165, 1.54) is 12.0 Å². The van der Waals surface area contributed by atoms with E-state index in [-0.39, 0.29) is 12.6 Å². The van der Waals surface area contributed by atoms with E-state index in [1.54, 1.807) is 0 Å². The molecule has 27 heavy (non-hydrogen) atoms. The molecule has 0 saturated carbocycles. The van der Waals surface area contributed by atoms with Gasteiger partial charge in [0.1, 0.15) is 11.6 Å². The van der Waals surface area contributed by atoms with Crippen molar-refractivity contribution in [3.05, 3.63) is 30.3 Å². The van der Waals surface area contributed by atoms with Gasteiger partial charge in [-0.05, 0) is 45.7 Å². The fourth-order valence-corrected chi connectivity index (χ4v) is 2.86. The number of carbonyl (C=O) groups is 2. The van der Waals surface area contributed by atoms with Crippen LogP contribution in [0.15, 0.2) is 30.3 Å². The number of rotatable bonds is 7. The molecule has 1 aliphatic rings. The molecule has 0 spiro atoms. The average Bonchev–Trinajstić information content (AvgIpc) is 3.12. The summed E-state index contributed by atoms with van der Waals surface area (Å²) >= 11 is 0. The van der Waals surface area contributed by atoms with Gasteiger partial charge in [-0.15, -0.1) is 0 Å². The van der Waals surface area contributed by atoms with Gasteiger partial charge in [-0.3, -0.25) is 0 Å². The maximum absolute atomic E-state index is 12.7. The van der Waals surface area contributed by atoms with Crippen LogP contribution >= 0.6 is 0 Å². The van der Waals surface area contributed by atoms with E-state index in [1.807, 2.05) is 51.1 Å². The van der Waals surface area contributed by atoms with Crippen LogP contribution in [0, 0.1) is 0 Å². The van der Waals surface area contributed by atoms with Gasteiger partial charge in [-0.2, -0.15) is 0 Å². The maximum atomic E-state index is 12.7. The van der Waals surface area contributed by atoms with Gasteiger partial charge in [0, 0.05) is 12.3 Å². The molecule has 1 N–H and O–H groups in total. The number of hydrogen-bond acceptors (Lipinski definition) is 6. The molecule has 150 valence electrons. The third-order valence-electron chi connectivity index (χ3n) is 4.10. The van der Waals surface area contributed by atoms with Crippen molar-refractivity contribution in [3.63, 3.8) is 0 Å². The van der Waals surface area contributed by atoms with Crippen LogP contribution in [-0.4, -0.2) is 61.5 Å². The van der Waals surface area contributed by atoms with Crippen molar-refractivity contribution in [1.82, 2.24) is 4.90 Å². The second kappa shape index (κ2) is 9.60. The first-order chi connectivity index (χ1) is 12.8. The lowest BCUT2D eigenvalue weighted by molar-refractivity contribution is -0.141. The summed E-state index contributed by atoms with van der Waals surface area (Å²) in [6.07, 6.45) is 1.33. The van der Waals surface area contributed by atoms with Crippen LogP contribution in [0.4, 0.5) is 10.5 Å². The smallest absolute Gasteiger partial charge is 0.410 e. The van der Waals surface area contributed by atoms with Crippen LogP contribution in [-0.2, 0) is 19.0 Å². The highest BCUT2D eigenvalue weighted by molar-refractivity contribution is 5.80. The fourth-order valence-electron chi connectivity index (χ4n) is 2.86. The van der Waals surface area contributed by atoms with Crippen LogP contribution in [0.3, 0.4) is 0 Å². The Balaban J connectivity index is 2.14. The predicted molar refractivity (Wildman–Crippen MR) is 103 cm³/mol. The zero-order chi connectivity index (χ0) is 19.9. The fraction of sp³-hybridized carbons (Fsp3) is 0.600. The molecule has 1 aromatic carbocycles. The number of ether oxygens (including phenoxy) is 3. The van der Waals surface area contributed by atoms with E-state index in [2.05, 4.69) is 5.32 Å². The monoisotopic (exact) mass is 378 g/mol. The molecule has 0 bridgehead atoms. The van der Waals surface area contributed by atoms with Crippen LogP contribution in [0.25, 0.3) is 0 Å². The zero-order valence-electron chi connectivity index (χ0n) is 16.6. The van der Waals surface area contributed by atoms with E-state index in [4.69, 9.17) is 14.2 Å². The van der Waals surface area contributed by atoms with Crippen molar-refractivity contribution in [2.24, 2.45) is 0 Å². The molecule has 0 radical (unpaired) electrons. The third-order valence-corrected chi connectivity index (χ3v) is 4.10. The number of para-hydroxylation sites is 1. The second-order valence-corrected chi connectivity index (χ2v) is 7.61. The minimum Gasteiger partial charge on any atom is -0.467 e. The Morgan fingerprint density at radius 3 is 2.56 bits per heavy atom. The Kier molecular flexibility index (Phi) is 7.47. The van der Waals surface area contributed by atoms with Gasteiger partial charge >= 0.3 is 12.1 Å². The highest BCUT2D eigenvalue weighted by atomic mass is 16.6. The molecule has 1 aliphatic heterocycles. The lowest BCUT2D eigenvalue weighted by atomic mass is 10.2. The first-order valence-corrected chi connectivity index (χ1v) is 9.27. The normalized spacial score (nSPS) is 17.9. The molecule has 1 saturated heterocycles. The highest BCUT2D eigenvalue weighted by Gasteiger charge is 2.31. The molecule has 0 aliphatic carbocycles. The molecule has 1 fully saturated rings. The van der Waals surface area contributed by atoms with E-state index in [9.17, 15) is 9.59 Å². The topological polar surface area (TPSA) is 77.1 Å². The predicted octanol–water partition coefficient (Wildman–Crippen LogP) is 3.06. The van der Waals surface area contributed by atoms with Crippen molar-refractivity contribution in [2.45, 2.75) is 51.4 Å². The van der Waals surface area contributed by atoms with Gasteiger partial charge < -0.3 is 24.4 Å². The van der Waals surface area contributed by atoms with Gasteiger partial charge in [0.25, 0.3) is 0 Å². The molecular formula is C20H30N2O5. The summed E-state index contributed by atoms with van der Waals surface area (Å²) in [7, 11) is 1.33. The van der Waals surface area contributed by atoms with Crippen molar-refractivity contribution in [3.8, 4) is 0 Å². The molecule has 2 atom stereocenters. The lowest BCUT2D eigenvalue weighted by Gasteiger charge is -2.31. The Morgan fingerprint density at radius 2 is 2.00 bits per heavy atom. The van der Waals surface area contributed by atoms with Gasteiger partial charge in [0.15, 0.2) is 0 Å². The van der Waals surface area contributed by atoms with Crippen LogP contribution in [0.5, 0.6) is 0 Å². The van der Waals surface area contributed by atoms with E-state index in [0.29, 0.717) is 13.2 Å². The van der Waals surface area contributed by atoms with Crippen molar-refractivity contribution >= 4 is 17.7 Å². The minimum absolute atomic E-state index is 0.0486. The first kappa shape index (κ1) is 21.0. The minimum atomic E-state index is -0.716. The maximum Gasteiger partial charge on any atom is 0.410 e. The summed E-state index contributed by atoms with van der Waals surface area (Å²) in [5.41, 5.74) is 0.147. The summed E-state index contributed by atoms with van der Waals surface area (Å²) in [6.45, 7) is 6.63. The molecule has 7 heteroatoms. The molecule has 2 rings (SSSR count). The van der Waals surface area contributed by atoms with Gasteiger partial charge in [0.2, 0.25) is 0 Å². The van der Waals surface area contributed by atoms with Crippen molar-refractivity contribution < 1.29 is 23.8 Å². The van der Waals surface area contributed by atoms with Crippen molar-refractivity contribution in [1.29, 1.82) is 0 Å². The van der Waals surface area contributed by atoms with Gasteiger partial charge in [-0.25, -0.2) is 9.59 Å². The quantitative estimate of drug-likeness (QED) is 0.735. The van der Waals surface area contributed by atoms with Crippen LogP contribution in [0.1, 0.15) is 33.6 Å². The van der Waals surface area contributed by atoms with Crippen LogP contribution < -0.4 is 5.32 Å². The number of hydrogen-bond donors (Lipinski definition) is 1. The number of nitrogens with one attached hydrogen (secondary N) is 1. The van der Waals surface area contributed by atoms with Crippen LogP contribution in [0.2, 0.25) is 0 Å². The molecule has 0 unspecified atom stereocenters. The zero-order valence-corrected chi connectivity index (χ0v) is 16.6. The Bertz CT molecular complexity index is 609. The average molecular weight is 378 g/mol. The summed E-state index contributed by atoms with van der Waals surface area (Å²) < 4.78 is 16.1.